The molecule has 0 saturated carbocycles. The fraction of sp³-hybridized carbons (Fsp3) is 0.692. The molecule has 1 aromatic heterocycles. The molecule has 1 aliphatic rings. The molecule has 0 amide bonds. The zero-order chi connectivity index (χ0) is 12.3. The van der Waals surface area contributed by atoms with Crippen molar-refractivity contribution in [1.29, 1.82) is 0 Å². The van der Waals surface area contributed by atoms with E-state index in [1.807, 2.05) is 25.4 Å². The number of ether oxygens (including phenoxy) is 1. The van der Waals surface area contributed by atoms with E-state index in [9.17, 15) is 5.11 Å². The highest BCUT2D eigenvalue weighted by atomic mass is 16.5. The summed E-state index contributed by atoms with van der Waals surface area (Å²) < 4.78 is 7.83. The van der Waals surface area contributed by atoms with E-state index < -0.39 is 0 Å². The number of hydrogen-bond acceptors (Lipinski definition) is 3. The number of hydrogen-bond donors (Lipinski definition) is 1. The highest BCUT2D eigenvalue weighted by molar-refractivity contribution is 5.13. The van der Waals surface area contributed by atoms with Gasteiger partial charge in [-0.15, -0.1) is 0 Å². The van der Waals surface area contributed by atoms with Crippen LogP contribution in [0.1, 0.15) is 25.0 Å². The molecule has 96 valence electrons. The molecule has 2 atom stereocenters. The van der Waals surface area contributed by atoms with Gasteiger partial charge in [-0.25, -0.2) is 0 Å². The van der Waals surface area contributed by atoms with Gasteiger partial charge in [0.1, 0.15) is 0 Å². The van der Waals surface area contributed by atoms with Crippen LogP contribution in [0.3, 0.4) is 0 Å². The summed E-state index contributed by atoms with van der Waals surface area (Å²) in [6.07, 6.45) is 4.71. The van der Waals surface area contributed by atoms with Crippen LogP contribution in [0.5, 0.6) is 0 Å². The minimum absolute atomic E-state index is 0.257. The van der Waals surface area contributed by atoms with Crippen molar-refractivity contribution in [1.82, 2.24) is 9.47 Å². The van der Waals surface area contributed by atoms with Crippen molar-refractivity contribution in [2.24, 2.45) is 0 Å². The van der Waals surface area contributed by atoms with Crippen molar-refractivity contribution in [2.45, 2.75) is 32.1 Å². The van der Waals surface area contributed by atoms with Crippen molar-refractivity contribution >= 4 is 0 Å². The number of likely N-dealkylation sites (N-methyl/N-ethyl adjacent to an activating group) is 1. The standard InChI is InChI=1S/C13H22N2O2/c1-3-13(16)11-4-5-15(8-11)10-12-9-14(2)6-7-17-12/h4-5,8,12-13,16H,3,6-7,9-10H2,1-2H3. The number of morpholine rings is 1. The van der Waals surface area contributed by atoms with Gasteiger partial charge >= 0.3 is 0 Å². The summed E-state index contributed by atoms with van der Waals surface area (Å²) >= 11 is 0. The molecular formula is C13H22N2O2. The Labute approximate surface area is 103 Å². The van der Waals surface area contributed by atoms with Gasteiger partial charge in [0.2, 0.25) is 0 Å². The van der Waals surface area contributed by atoms with Gasteiger partial charge in [-0.2, -0.15) is 0 Å². The van der Waals surface area contributed by atoms with E-state index in [1.54, 1.807) is 0 Å². The molecule has 0 radical (unpaired) electrons. The molecule has 0 bridgehead atoms. The third kappa shape index (κ3) is 3.31. The lowest BCUT2D eigenvalue weighted by molar-refractivity contribution is -0.0274. The molecule has 4 heteroatoms. The number of aliphatic hydroxyl groups excluding tert-OH is 1. The fourth-order valence-corrected chi connectivity index (χ4v) is 2.22. The van der Waals surface area contributed by atoms with Crippen molar-refractivity contribution in [3.8, 4) is 0 Å². The van der Waals surface area contributed by atoms with Gasteiger partial charge in [0.25, 0.3) is 0 Å². The zero-order valence-electron chi connectivity index (χ0n) is 10.7. The molecule has 1 saturated heterocycles. The monoisotopic (exact) mass is 238 g/mol. The Morgan fingerprint density at radius 1 is 1.59 bits per heavy atom. The summed E-state index contributed by atoms with van der Waals surface area (Å²) in [5.74, 6) is 0. The van der Waals surface area contributed by atoms with Crippen LogP contribution in [0.25, 0.3) is 0 Å². The highest BCUT2D eigenvalue weighted by Gasteiger charge is 2.18. The maximum absolute atomic E-state index is 9.74. The van der Waals surface area contributed by atoms with E-state index in [4.69, 9.17) is 4.74 Å². The second-order valence-corrected chi connectivity index (χ2v) is 4.82. The molecule has 1 fully saturated rings. The molecule has 1 aromatic rings. The number of aromatic nitrogens is 1. The molecule has 0 aromatic carbocycles. The first-order chi connectivity index (χ1) is 8.19. The molecular weight excluding hydrogens is 216 g/mol. The molecule has 0 spiro atoms. The van der Waals surface area contributed by atoms with Crippen LogP contribution in [-0.4, -0.2) is 47.4 Å². The maximum atomic E-state index is 9.74. The van der Waals surface area contributed by atoms with E-state index in [-0.39, 0.29) is 12.2 Å². The Morgan fingerprint density at radius 3 is 3.12 bits per heavy atom. The summed E-state index contributed by atoms with van der Waals surface area (Å²) in [4.78, 5) is 2.29. The maximum Gasteiger partial charge on any atom is 0.0880 e. The molecule has 0 aliphatic carbocycles. The first-order valence-electron chi connectivity index (χ1n) is 6.33. The second kappa shape index (κ2) is 5.67. The normalized spacial score (nSPS) is 23.8. The van der Waals surface area contributed by atoms with Gasteiger partial charge < -0.3 is 19.3 Å². The van der Waals surface area contributed by atoms with Gasteiger partial charge in [0.05, 0.1) is 18.8 Å². The van der Waals surface area contributed by atoms with E-state index in [2.05, 4.69) is 16.5 Å². The van der Waals surface area contributed by atoms with Crippen molar-refractivity contribution in [3.63, 3.8) is 0 Å². The van der Waals surface area contributed by atoms with E-state index >= 15 is 0 Å². The van der Waals surface area contributed by atoms with Crippen molar-refractivity contribution in [3.05, 3.63) is 24.0 Å². The van der Waals surface area contributed by atoms with Crippen LogP contribution in [0.4, 0.5) is 0 Å². The first kappa shape index (κ1) is 12.6. The smallest absolute Gasteiger partial charge is 0.0880 e. The van der Waals surface area contributed by atoms with Gasteiger partial charge in [0.15, 0.2) is 0 Å². The lowest BCUT2D eigenvalue weighted by Crippen LogP contribution is -2.41. The highest BCUT2D eigenvalue weighted by Crippen LogP contribution is 2.17. The summed E-state index contributed by atoms with van der Waals surface area (Å²) in [7, 11) is 2.12. The van der Waals surface area contributed by atoms with Crippen LogP contribution < -0.4 is 0 Å². The minimum atomic E-state index is -0.341. The van der Waals surface area contributed by atoms with Gasteiger partial charge in [0, 0.05) is 32.0 Å². The molecule has 2 rings (SSSR count). The topological polar surface area (TPSA) is 37.6 Å². The van der Waals surface area contributed by atoms with Gasteiger partial charge in [-0.1, -0.05) is 6.92 Å². The number of aliphatic hydroxyl groups is 1. The van der Waals surface area contributed by atoms with E-state index in [1.165, 1.54) is 0 Å². The van der Waals surface area contributed by atoms with Crippen LogP contribution in [0.15, 0.2) is 18.5 Å². The Bertz CT molecular complexity index is 351. The largest absolute Gasteiger partial charge is 0.388 e. The number of nitrogens with zero attached hydrogens (tertiary/aromatic N) is 2. The lowest BCUT2D eigenvalue weighted by Gasteiger charge is -2.30. The average Bonchev–Trinajstić information content (AvgIpc) is 2.76. The summed E-state index contributed by atoms with van der Waals surface area (Å²) in [5, 5.41) is 9.74. The van der Waals surface area contributed by atoms with Gasteiger partial charge in [-0.3, -0.25) is 0 Å². The second-order valence-electron chi connectivity index (χ2n) is 4.82. The number of rotatable bonds is 4. The van der Waals surface area contributed by atoms with Crippen molar-refractivity contribution < 1.29 is 9.84 Å². The van der Waals surface area contributed by atoms with Crippen LogP contribution in [0.2, 0.25) is 0 Å². The summed E-state index contributed by atoms with van der Waals surface area (Å²) in [5.41, 5.74) is 0.997. The van der Waals surface area contributed by atoms with E-state index in [0.29, 0.717) is 0 Å². The van der Waals surface area contributed by atoms with Crippen LogP contribution in [-0.2, 0) is 11.3 Å². The molecule has 1 aliphatic heterocycles. The van der Waals surface area contributed by atoms with Crippen molar-refractivity contribution in [2.75, 3.05) is 26.7 Å². The Balaban J connectivity index is 1.92. The quantitative estimate of drug-likeness (QED) is 0.858. The molecule has 2 heterocycles. The molecule has 4 nitrogen and oxygen atoms in total. The molecule has 2 unspecified atom stereocenters. The molecule has 1 N–H and O–H groups in total. The van der Waals surface area contributed by atoms with E-state index in [0.717, 1.165) is 38.2 Å². The summed E-state index contributed by atoms with van der Waals surface area (Å²) in [6, 6.07) is 1.99. The SMILES string of the molecule is CCC(O)c1ccn(CC2CN(C)CCO2)c1. The minimum Gasteiger partial charge on any atom is -0.388 e. The van der Waals surface area contributed by atoms with Crippen LogP contribution in [0, 0.1) is 0 Å². The van der Waals surface area contributed by atoms with Crippen LogP contribution >= 0.6 is 0 Å². The third-order valence-corrected chi connectivity index (χ3v) is 3.30. The Hall–Kier alpha value is -0.840. The molecule has 17 heavy (non-hydrogen) atoms. The first-order valence-corrected chi connectivity index (χ1v) is 6.33. The lowest BCUT2D eigenvalue weighted by atomic mass is 10.1. The predicted octanol–water partition coefficient (Wildman–Crippen LogP) is 1.26. The third-order valence-electron chi connectivity index (χ3n) is 3.30. The van der Waals surface area contributed by atoms with Gasteiger partial charge in [-0.05, 0) is 25.1 Å². The fourth-order valence-electron chi connectivity index (χ4n) is 2.22. The Kier molecular flexibility index (Phi) is 4.20. The Morgan fingerprint density at radius 2 is 2.41 bits per heavy atom. The average molecular weight is 238 g/mol. The zero-order valence-corrected chi connectivity index (χ0v) is 10.7. The summed E-state index contributed by atoms with van der Waals surface area (Å²) in [6.45, 7) is 5.65. The predicted molar refractivity (Wildman–Crippen MR) is 66.9 cm³/mol.